The van der Waals surface area contributed by atoms with E-state index in [2.05, 4.69) is 9.97 Å². The van der Waals surface area contributed by atoms with Crippen molar-refractivity contribution in [2.75, 3.05) is 11.9 Å². The number of hydrogen-bond acceptors (Lipinski definition) is 4. The molecule has 6 heteroatoms. The van der Waals surface area contributed by atoms with Gasteiger partial charge in [-0.1, -0.05) is 11.6 Å². The molecule has 2 aromatic rings. The minimum atomic E-state index is -0.149. The summed E-state index contributed by atoms with van der Waals surface area (Å²) in [6.07, 6.45) is 1.51. The van der Waals surface area contributed by atoms with E-state index in [1.54, 1.807) is 19.2 Å². The number of rotatable bonds is 2. The van der Waals surface area contributed by atoms with Crippen LogP contribution in [0.1, 0.15) is 16.1 Å². The van der Waals surface area contributed by atoms with Crippen LogP contribution in [0.4, 0.5) is 5.13 Å². The Morgan fingerprint density at radius 1 is 1.53 bits per heavy atom. The highest BCUT2D eigenvalue weighted by atomic mass is 35.5. The molecule has 0 radical (unpaired) electrons. The quantitative estimate of drug-likeness (QED) is 0.786. The molecule has 1 amide bonds. The topological polar surface area (TPSA) is 46.1 Å². The van der Waals surface area contributed by atoms with Gasteiger partial charge in [-0.3, -0.25) is 9.69 Å². The van der Waals surface area contributed by atoms with Crippen molar-refractivity contribution >= 4 is 34.0 Å². The fraction of sp³-hybridized carbons (Fsp3) is 0.182. The van der Waals surface area contributed by atoms with Crippen LogP contribution in [0.2, 0.25) is 5.15 Å². The molecule has 88 valence electrons. The molecule has 0 fully saturated rings. The Morgan fingerprint density at radius 2 is 2.29 bits per heavy atom. The van der Waals surface area contributed by atoms with Crippen molar-refractivity contribution in [1.82, 2.24) is 9.97 Å². The standard InChI is InChI=1S/C11H10ClN3OS/c1-7-6-17-11(14-7)15(2)10(16)8-3-4-13-9(12)5-8/h3-6H,1-2H3. The van der Waals surface area contributed by atoms with E-state index < -0.39 is 0 Å². The van der Waals surface area contributed by atoms with Crippen molar-refractivity contribution in [2.24, 2.45) is 0 Å². The zero-order valence-corrected chi connectivity index (χ0v) is 10.9. The zero-order valence-electron chi connectivity index (χ0n) is 9.35. The molecule has 0 atom stereocenters. The summed E-state index contributed by atoms with van der Waals surface area (Å²) in [5.74, 6) is -0.149. The Morgan fingerprint density at radius 3 is 2.88 bits per heavy atom. The maximum absolute atomic E-state index is 12.1. The van der Waals surface area contributed by atoms with Crippen LogP contribution in [-0.2, 0) is 0 Å². The maximum Gasteiger partial charge on any atom is 0.259 e. The first-order valence-corrected chi connectivity index (χ1v) is 6.15. The van der Waals surface area contributed by atoms with Gasteiger partial charge in [0.1, 0.15) is 5.15 Å². The van der Waals surface area contributed by atoms with Crippen molar-refractivity contribution < 1.29 is 4.79 Å². The van der Waals surface area contributed by atoms with E-state index in [4.69, 9.17) is 11.6 Å². The molecule has 0 bridgehead atoms. The Kier molecular flexibility index (Phi) is 3.40. The molecular weight excluding hydrogens is 258 g/mol. The Hall–Kier alpha value is -1.46. The van der Waals surface area contributed by atoms with Gasteiger partial charge in [0.2, 0.25) is 0 Å². The summed E-state index contributed by atoms with van der Waals surface area (Å²) < 4.78 is 0. The van der Waals surface area contributed by atoms with Gasteiger partial charge < -0.3 is 0 Å². The van der Waals surface area contributed by atoms with E-state index >= 15 is 0 Å². The van der Waals surface area contributed by atoms with Gasteiger partial charge in [0, 0.05) is 24.2 Å². The molecule has 0 saturated heterocycles. The number of anilines is 1. The number of aryl methyl sites for hydroxylation is 1. The summed E-state index contributed by atoms with van der Waals surface area (Å²) >= 11 is 7.18. The lowest BCUT2D eigenvalue weighted by Crippen LogP contribution is -2.26. The first-order chi connectivity index (χ1) is 8.08. The second-order valence-corrected chi connectivity index (χ2v) is 4.73. The van der Waals surface area contributed by atoms with Crippen LogP contribution in [-0.4, -0.2) is 22.9 Å². The number of pyridine rings is 1. The summed E-state index contributed by atoms with van der Waals surface area (Å²) in [4.78, 5) is 21.7. The molecule has 0 unspecified atom stereocenters. The van der Waals surface area contributed by atoms with Crippen molar-refractivity contribution in [1.29, 1.82) is 0 Å². The maximum atomic E-state index is 12.1. The van der Waals surface area contributed by atoms with Gasteiger partial charge >= 0.3 is 0 Å². The number of aromatic nitrogens is 2. The SMILES string of the molecule is Cc1csc(N(C)C(=O)c2ccnc(Cl)c2)n1. The molecule has 4 nitrogen and oxygen atoms in total. The van der Waals surface area contributed by atoms with Gasteiger partial charge in [0.15, 0.2) is 5.13 Å². The largest absolute Gasteiger partial charge is 0.287 e. The number of thiazole rings is 1. The minimum absolute atomic E-state index is 0.149. The lowest BCUT2D eigenvalue weighted by Gasteiger charge is -2.13. The molecule has 0 saturated carbocycles. The van der Waals surface area contributed by atoms with E-state index in [0.29, 0.717) is 15.8 Å². The number of carbonyl (C=O) groups is 1. The van der Waals surface area contributed by atoms with Crippen LogP contribution in [0.25, 0.3) is 0 Å². The number of amides is 1. The third kappa shape index (κ3) is 2.62. The fourth-order valence-electron chi connectivity index (χ4n) is 1.31. The summed E-state index contributed by atoms with van der Waals surface area (Å²) in [7, 11) is 1.69. The van der Waals surface area contributed by atoms with Crippen molar-refractivity contribution in [3.05, 3.63) is 40.1 Å². The zero-order chi connectivity index (χ0) is 12.4. The normalized spacial score (nSPS) is 10.3. The molecule has 2 rings (SSSR count). The summed E-state index contributed by atoms with van der Waals surface area (Å²) in [6.45, 7) is 1.89. The molecule has 2 heterocycles. The second-order valence-electron chi connectivity index (χ2n) is 3.50. The summed E-state index contributed by atoms with van der Waals surface area (Å²) in [5, 5.41) is 2.87. The average molecular weight is 268 g/mol. The van der Waals surface area contributed by atoms with Gasteiger partial charge in [-0.15, -0.1) is 11.3 Å². The molecular formula is C11H10ClN3OS. The van der Waals surface area contributed by atoms with E-state index in [-0.39, 0.29) is 5.91 Å². The molecule has 0 aromatic carbocycles. The van der Waals surface area contributed by atoms with Crippen molar-refractivity contribution in [3.63, 3.8) is 0 Å². The highest BCUT2D eigenvalue weighted by molar-refractivity contribution is 7.14. The van der Waals surface area contributed by atoms with Crippen LogP contribution in [0, 0.1) is 6.92 Å². The van der Waals surface area contributed by atoms with Gasteiger partial charge in [-0.25, -0.2) is 9.97 Å². The number of nitrogens with zero attached hydrogens (tertiary/aromatic N) is 3. The van der Waals surface area contributed by atoms with E-state index in [1.807, 2.05) is 12.3 Å². The van der Waals surface area contributed by atoms with Crippen molar-refractivity contribution in [3.8, 4) is 0 Å². The second kappa shape index (κ2) is 4.81. The molecule has 0 aliphatic carbocycles. The highest BCUT2D eigenvalue weighted by Crippen LogP contribution is 2.21. The third-order valence-electron chi connectivity index (χ3n) is 2.17. The van der Waals surface area contributed by atoms with Crippen LogP contribution < -0.4 is 4.90 Å². The number of carbonyl (C=O) groups excluding carboxylic acids is 1. The highest BCUT2D eigenvalue weighted by Gasteiger charge is 2.16. The molecule has 17 heavy (non-hydrogen) atoms. The minimum Gasteiger partial charge on any atom is -0.287 e. The summed E-state index contributed by atoms with van der Waals surface area (Å²) in [5.41, 5.74) is 1.40. The Bertz CT molecular complexity index is 555. The lowest BCUT2D eigenvalue weighted by molar-refractivity contribution is 0.0993. The van der Waals surface area contributed by atoms with Gasteiger partial charge in [0.25, 0.3) is 5.91 Å². The average Bonchev–Trinajstić information content (AvgIpc) is 2.74. The monoisotopic (exact) mass is 267 g/mol. The Balaban J connectivity index is 2.26. The van der Waals surface area contributed by atoms with Crippen molar-refractivity contribution in [2.45, 2.75) is 6.92 Å². The molecule has 2 aromatic heterocycles. The summed E-state index contributed by atoms with van der Waals surface area (Å²) in [6, 6.07) is 3.17. The van der Waals surface area contributed by atoms with Gasteiger partial charge in [0.05, 0.1) is 5.69 Å². The third-order valence-corrected chi connectivity index (χ3v) is 3.41. The number of halogens is 1. The molecule has 0 N–H and O–H groups in total. The Labute approximate surface area is 108 Å². The van der Waals surface area contributed by atoms with Crippen LogP contribution in [0.3, 0.4) is 0 Å². The molecule has 0 aliphatic rings. The van der Waals surface area contributed by atoms with Crippen LogP contribution in [0.5, 0.6) is 0 Å². The lowest BCUT2D eigenvalue weighted by atomic mass is 10.2. The van der Waals surface area contributed by atoms with Gasteiger partial charge in [-0.05, 0) is 19.1 Å². The van der Waals surface area contributed by atoms with E-state index in [1.165, 1.54) is 22.4 Å². The smallest absolute Gasteiger partial charge is 0.259 e. The molecule has 0 aliphatic heterocycles. The van der Waals surface area contributed by atoms with E-state index in [9.17, 15) is 4.79 Å². The van der Waals surface area contributed by atoms with E-state index in [0.717, 1.165) is 5.69 Å². The molecule has 0 spiro atoms. The number of hydrogen-bond donors (Lipinski definition) is 0. The first-order valence-electron chi connectivity index (χ1n) is 4.89. The van der Waals surface area contributed by atoms with Crippen LogP contribution in [0.15, 0.2) is 23.7 Å². The fourth-order valence-corrected chi connectivity index (χ4v) is 2.25. The van der Waals surface area contributed by atoms with Gasteiger partial charge in [-0.2, -0.15) is 0 Å². The van der Waals surface area contributed by atoms with Crippen LogP contribution >= 0.6 is 22.9 Å². The first kappa shape index (κ1) is 12.0. The predicted octanol–water partition coefficient (Wildman–Crippen LogP) is 2.78. The predicted molar refractivity (Wildman–Crippen MR) is 68.8 cm³/mol.